The molecule has 0 aliphatic heterocycles. The summed E-state index contributed by atoms with van der Waals surface area (Å²) in [6.07, 6.45) is 0. The molecule has 0 bridgehead atoms. The van der Waals surface area contributed by atoms with Crippen LogP contribution in [0.25, 0.3) is 0 Å². The quantitative estimate of drug-likeness (QED) is 0.364. The second kappa shape index (κ2) is 3.15. The minimum atomic E-state index is -0.660. The first kappa shape index (κ1) is 7.10. The van der Waals surface area contributed by atoms with Crippen molar-refractivity contribution in [3.05, 3.63) is 0 Å². The number of nitrogens with one attached hydrogen (secondary N) is 1. The monoisotopic (exact) mass is 116 g/mol. The Morgan fingerprint density at radius 3 is 2.50 bits per heavy atom. The number of ether oxygens (including phenoxy) is 1. The van der Waals surface area contributed by atoms with Crippen LogP contribution < -0.4 is 5.73 Å². The maximum absolute atomic E-state index is 10.2. The van der Waals surface area contributed by atoms with Gasteiger partial charge in [-0.25, -0.2) is 4.79 Å². The molecule has 0 saturated carbocycles. The van der Waals surface area contributed by atoms with Crippen molar-refractivity contribution in [2.75, 3.05) is 13.7 Å². The summed E-state index contributed by atoms with van der Waals surface area (Å²) in [6.45, 7) is -0.0628. The number of carbonyl (C=O) groups is 1. The van der Waals surface area contributed by atoms with Crippen LogP contribution in [0.2, 0.25) is 0 Å². The zero-order valence-electron chi connectivity index (χ0n) is 4.60. The molecule has 0 aromatic rings. The maximum atomic E-state index is 10.2. The number of methoxy groups -OCH3 is 1. The molecule has 0 spiro atoms. The van der Waals surface area contributed by atoms with E-state index in [0.717, 1.165) is 0 Å². The highest BCUT2D eigenvalue weighted by atomic mass is 16.5. The van der Waals surface area contributed by atoms with Gasteiger partial charge in [0.15, 0.2) is 0 Å². The number of hydrogen-bond acceptors (Lipinski definition) is 4. The Morgan fingerprint density at radius 2 is 2.38 bits per heavy atom. The first-order valence-electron chi connectivity index (χ1n) is 2.08. The predicted octanol–water partition coefficient (Wildman–Crippen LogP) is -0.862. The van der Waals surface area contributed by atoms with Crippen LogP contribution in [0.15, 0.2) is 0 Å². The summed E-state index contributed by atoms with van der Waals surface area (Å²) in [5.74, 6) is -0.660. The van der Waals surface area contributed by atoms with Crippen molar-refractivity contribution in [1.82, 2.24) is 0 Å². The van der Waals surface area contributed by atoms with Crippen molar-refractivity contribution >= 4 is 11.7 Å². The molecule has 46 valence electrons. The minimum Gasteiger partial charge on any atom is -0.465 e. The summed E-state index contributed by atoms with van der Waals surface area (Å²) in [4.78, 5) is 10.2. The van der Waals surface area contributed by atoms with E-state index in [0.29, 0.717) is 0 Å². The van der Waals surface area contributed by atoms with Gasteiger partial charge in [0.05, 0.1) is 7.11 Å². The Labute approximate surface area is 47.1 Å². The second-order valence-corrected chi connectivity index (χ2v) is 1.17. The largest absolute Gasteiger partial charge is 0.465 e. The topological polar surface area (TPSA) is 76.2 Å². The second-order valence-electron chi connectivity index (χ2n) is 1.17. The molecule has 0 aliphatic carbocycles. The Balaban J connectivity index is 3.64. The molecule has 0 aromatic heterocycles. The van der Waals surface area contributed by atoms with E-state index in [1.807, 2.05) is 0 Å². The predicted molar refractivity (Wildman–Crippen MR) is 28.8 cm³/mol. The maximum Gasteiger partial charge on any atom is 0.353 e. The van der Waals surface area contributed by atoms with E-state index < -0.39 is 5.97 Å². The van der Waals surface area contributed by atoms with Crippen molar-refractivity contribution in [2.24, 2.45) is 5.73 Å². The van der Waals surface area contributed by atoms with Gasteiger partial charge >= 0.3 is 5.97 Å². The van der Waals surface area contributed by atoms with Gasteiger partial charge in [0.25, 0.3) is 0 Å². The molecule has 0 rings (SSSR count). The lowest BCUT2D eigenvalue weighted by atomic mass is 10.4. The third-order valence-corrected chi connectivity index (χ3v) is 0.636. The van der Waals surface area contributed by atoms with E-state index in [1.165, 1.54) is 7.11 Å². The van der Waals surface area contributed by atoms with E-state index in [1.54, 1.807) is 0 Å². The molecule has 0 unspecified atom stereocenters. The first-order chi connectivity index (χ1) is 3.72. The SMILES string of the molecule is COC(=O)C(=N)CN. The molecule has 0 fully saturated rings. The molecule has 0 saturated heterocycles. The van der Waals surface area contributed by atoms with Crippen molar-refractivity contribution in [2.45, 2.75) is 0 Å². The summed E-state index contributed by atoms with van der Waals surface area (Å²) in [5, 5.41) is 6.74. The lowest BCUT2D eigenvalue weighted by Crippen LogP contribution is -2.23. The number of carbonyl (C=O) groups excluding carboxylic acids is 1. The fourth-order valence-electron chi connectivity index (χ4n) is 0.207. The highest BCUT2D eigenvalue weighted by Crippen LogP contribution is 1.73. The van der Waals surface area contributed by atoms with Gasteiger partial charge in [0, 0.05) is 6.54 Å². The summed E-state index contributed by atoms with van der Waals surface area (Å²) < 4.78 is 4.16. The molecule has 8 heavy (non-hydrogen) atoms. The number of rotatable bonds is 2. The van der Waals surface area contributed by atoms with Crippen LogP contribution in [0.5, 0.6) is 0 Å². The van der Waals surface area contributed by atoms with Crippen molar-refractivity contribution < 1.29 is 9.53 Å². The third kappa shape index (κ3) is 1.70. The average molecular weight is 116 g/mol. The normalized spacial score (nSPS) is 8.25. The third-order valence-electron chi connectivity index (χ3n) is 0.636. The fraction of sp³-hybridized carbons (Fsp3) is 0.500. The standard InChI is InChI=1S/C4H8N2O2/c1-8-4(7)3(6)2-5/h6H,2,5H2,1H3. The van der Waals surface area contributed by atoms with Crippen LogP contribution in [-0.2, 0) is 9.53 Å². The van der Waals surface area contributed by atoms with Crippen LogP contribution in [-0.4, -0.2) is 25.3 Å². The highest BCUT2D eigenvalue weighted by Gasteiger charge is 2.03. The first-order valence-corrected chi connectivity index (χ1v) is 2.08. The fourth-order valence-corrected chi connectivity index (χ4v) is 0.207. The van der Waals surface area contributed by atoms with Gasteiger partial charge in [0.1, 0.15) is 5.71 Å². The van der Waals surface area contributed by atoms with Crippen LogP contribution in [0.4, 0.5) is 0 Å². The lowest BCUT2D eigenvalue weighted by Gasteiger charge is -1.94. The molecule has 0 aromatic carbocycles. The molecule has 4 nitrogen and oxygen atoms in total. The van der Waals surface area contributed by atoms with E-state index in [2.05, 4.69) is 4.74 Å². The number of hydrogen-bond donors (Lipinski definition) is 2. The zero-order chi connectivity index (χ0) is 6.57. The molecule has 0 atom stereocenters. The number of nitrogens with two attached hydrogens (primary N) is 1. The van der Waals surface area contributed by atoms with Gasteiger partial charge in [-0.1, -0.05) is 0 Å². The van der Waals surface area contributed by atoms with Crippen molar-refractivity contribution in [1.29, 1.82) is 5.41 Å². The van der Waals surface area contributed by atoms with E-state index in [-0.39, 0.29) is 12.3 Å². The number of esters is 1. The van der Waals surface area contributed by atoms with Crippen molar-refractivity contribution in [3.8, 4) is 0 Å². The summed E-state index contributed by atoms with van der Waals surface area (Å²) >= 11 is 0. The Hall–Kier alpha value is -0.900. The Bertz CT molecular complexity index is 96.6. The molecule has 0 heterocycles. The highest BCUT2D eigenvalue weighted by molar-refractivity contribution is 6.35. The van der Waals surface area contributed by atoms with E-state index in [4.69, 9.17) is 11.1 Å². The van der Waals surface area contributed by atoms with Crippen LogP contribution in [0, 0.1) is 5.41 Å². The average Bonchev–Trinajstić information content (AvgIpc) is 1.84. The van der Waals surface area contributed by atoms with Gasteiger partial charge in [-0.05, 0) is 0 Å². The van der Waals surface area contributed by atoms with Gasteiger partial charge in [-0.3, -0.25) is 5.41 Å². The summed E-state index contributed by atoms with van der Waals surface area (Å²) in [6, 6.07) is 0. The van der Waals surface area contributed by atoms with Crippen LogP contribution in [0.3, 0.4) is 0 Å². The molecule has 0 radical (unpaired) electrons. The van der Waals surface area contributed by atoms with Gasteiger partial charge in [0.2, 0.25) is 0 Å². The molecule has 3 N–H and O–H groups in total. The van der Waals surface area contributed by atoms with Gasteiger partial charge in [-0.15, -0.1) is 0 Å². The van der Waals surface area contributed by atoms with Gasteiger partial charge in [-0.2, -0.15) is 0 Å². The Morgan fingerprint density at radius 1 is 1.88 bits per heavy atom. The Kier molecular flexibility index (Phi) is 2.79. The van der Waals surface area contributed by atoms with Crippen LogP contribution in [0.1, 0.15) is 0 Å². The summed E-state index contributed by atoms with van der Waals surface area (Å²) in [7, 11) is 1.21. The lowest BCUT2D eigenvalue weighted by molar-refractivity contribution is -0.132. The summed E-state index contributed by atoms with van der Waals surface area (Å²) in [5.41, 5.74) is 4.72. The van der Waals surface area contributed by atoms with E-state index >= 15 is 0 Å². The van der Waals surface area contributed by atoms with E-state index in [9.17, 15) is 4.79 Å². The van der Waals surface area contributed by atoms with Crippen molar-refractivity contribution in [3.63, 3.8) is 0 Å². The molecule has 4 heteroatoms. The molecule has 0 amide bonds. The minimum absolute atomic E-state index is 0.0628. The smallest absolute Gasteiger partial charge is 0.353 e. The molecular weight excluding hydrogens is 108 g/mol. The van der Waals surface area contributed by atoms with Gasteiger partial charge < -0.3 is 10.5 Å². The molecule has 0 aliphatic rings. The van der Waals surface area contributed by atoms with Crippen LogP contribution >= 0.6 is 0 Å². The molecular formula is C4H8N2O2. The zero-order valence-corrected chi connectivity index (χ0v) is 4.60.